The number of carbonyl (C=O) groups excluding carboxylic acids is 2. The van der Waals surface area contributed by atoms with E-state index in [1.54, 1.807) is 12.1 Å². The smallest absolute Gasteiger partial charge is 0.250 e. The lowest BCUT2D eigenvalue weighted by atomic mass is 9.69. The summed E-state index contributed by atoms with van der Waals surface area (Å²) >= 11 is 0. The number of aromatic hydroxyl groups is 1. The Morgan fingerprint density at radius 1 is 0.895 bits per heavy atom. The molecule has 5 heteroatoms. The van der Waals surface area contributed by atoms with Gasteiger partial charge in [-0.3, -0.25) is 14.9 Å². The Bertz CT molecular complexity index is 1520. The SMILES string of the molecule is Cc1cc(C)c2c(c1)C1(NC(Cc3ccc(O)cc3)C(c3ccccc3)C1C(=O)c1ccccc1)C(=O)N2. The quantitative estimate of drug-likeness (QED) is 0.308. The standard InChI is InChI=1S/C33H30N2O3/c1-20-17-21(2)30-26(18-20)33(32(38)34-30)29(31(37)24-11-7-4-8-12-24)28(23-9-5-3-6-10-23)27(35-33)19-22-13-15-25(36)16-14-22/h3-18,27-29,35-36H,19H2,1-2H3,(H,34,38). The van der Waals surface area contributed by atoms with Gasteiger partial charge < -0.3 is 10.4 Å². The van der Waals surface area contributed by atoms with Crippen molar-refractivity contribution in [3.8, 4) is 5.75 Å². The van der Waals surface area contributed by atoms with E-state index in [-0.39, 0.29) is 29.4 Å². The molecule has 1 spiro atoms. The number of phenols is 1. The number of Topliss-reactive ketones (excluding diaryl/α,β-unsaturated/α-hetero) is 1. The van der Waals surface area contributed by atoms with E-state index >= 15 is 0 Å². The van der Waals surface area contributed by atoms with E-state index in [1.807, 2.05) is 80.6 Å². The second-order valence-corrected chi connectivity index (χ2v) is 10.5. The molecule has 0 aromatic heterocycles. The van der Waals surface area contributed by atoms with E-state index in [2.05, 4.69) is 28.8 Å². The number of aryl methyl sites for hydroxylation is 2. The van der Waals surface area contributed by atoms with E-state index in [9.17, 15) is 14.7 Å². The molecule has 1 saturated heterocycles. The van der Waals surface area contributed by atoms with Crippen molar-refractivity contribution in [2.75, 3.05) is 5.32 Å². The maximum atomic E-state index is 14.5. The minimum absolute atomic E-state index is 0.0534. The summed E-state index contributed by atoms with van der Waals surface area (Å²) in [5.41, 5.74) is 5.05. The van der Waals surface area contributed by atoms with Crippen LogP contribution in [0.15, 0.2) is 97.1 Å². The number of hydrogen-bond donors (Lipinski definition) is 3. The van der Waals surface area contributed by atoms with Crippen LogP contribution in [0.1, 0.15) is 44.1 Å². The molecule has 190 valence electrons. The van der Waals surface area contributed by atoms with Crippen LogP contribution in [0.5, 0.6) is 5.75 Å². The number of phenolic OH excluding ortho intramolecular Hbond substituents is 1. The fraction of sp³-hybridized carbons (Fsp3) is 0.212. The number of nitrogens with one attached hydrogen (secondary N) is 2. The van der Waals surface area contributed by atoms with Crippen molar-refractivity contribution in [1.29, 1.82) is 0 Å². The van der Waals surface area contributed by atoms with Gasteiger partial charge in [-0.2, -0.15) is 0 Å². The number of ketones is 1. The van der Waals surface area contributed by atoms with Crippen molar-refractivity contribution in [2.24, 2.45) is 5.92 Å². The average molecular weight is 503 g/mol. The zero-order chi connectivity index (χ0) is 26.4. The highest BCUT2D eigenvalue weighted by Crippen LogP contribution is 2.54. The zero-order valence-electron chi connectivity index (χ0n) is 21.4. The molecule has 2 aliphatic rings. The highest BCUT2D eigenvalue weighted by Gasteiger charge is 2.64. The number of hydrogen-bond acceptors (Lipinski definition) is 4. The largest absolute Gasteiger partial charge is 0.508 e. The van der Waals surface area contributed by atoms with Crippen molar-refractivity contribution in [2.45, 2.75) is 37.8 Å². The Morgan fingerprint density at radius 3 is 2.24 bits per heavy atom. The monoisotopic (exact) mass is 502 g/mol. The molecule has 4 aromatic rings. The van der Waals surface area contributed by atoms with Gasteiger partial charge in [-0.05, 0) is 49.1 Å². The normalized spacial score (nSPS) is 23.8. The minimum Gasteiger partial charge on any atom is -0.508 e. The molecule has 4 unspecified atom stereocenters. The van der Waals surface area contributed by atoms with Gasteiger partial charge in [0.05, 0.1) is 5.92 Å². The maximum Gasteiger partial charge on any atom is 0.250 e. The lowest BCUT2D eigenvalue weighted by molar-refractivity contribution is -0.122. The molecule has 2 aliphatic heterocycles. The van der Waals surface area contributed by atoms with E-state index in [0.717, 1.165) is 33.5 Å². The average Bonchev–Trinajstić information content (AvgIpc) is 3.41. The minimum atomic E-state index is -1.22. The zero-order valence-corrected chi connectivity index (χ0v) is 21.4. The topological polar surface area (TPSA) is 78.4 Å². The van der Waals surface area contributed by atoms with Gasteiger partial charge in [0.1, 0.15) is 11.3 Å². The van der Waals surface area contributed by atoms with Crippen LogP contribution in [0.3, 0.4) is 0 Å². The Hall–Kier alpha value is -4.22. The summed E-state index contributed by atoms with van der Waals surface area (Å²) in [6, 6.07) is 30.4. The van der Waals surface area contributed by atoms with Gasteiger partial charge in [0.25, 0.3) is 0 Å². The fourth-order valence-electron chi connectivity index (χ4n) is 6.51. The second kappa shape index (κ2) is 9.26. The van der Waals surface area contributed by atoms with E-state index < -0.39 is 11.5 Å². The highest BCUT2D eigenvalue weighted by atomic mass is 16.3. The van der Waals surface area contributed by atoms with Gasteiger partial charge in [0.15, 0.2) is 5.78 Å². The molecule has 0 aliphatic carbocycles. The van der Waals surface area contributed by atoms with Gasteiger partial charge in [-0.25, -0.2) is 0 Å². The van der Waals surface area contributed by atoms with Gasteiger partial charge >= 0.3 is 0 Å². The molecule has 0 saturated carbocycles. The predicted molar refractivity (Wildman–Crippen MR) is 148 cm³/mol. The van der Waals surface area contributed by atoms with Crippen molar-refractivity contribution in [3.05, 3.63) is 130 Å². The fourth-order valence-corrected chi connectivity index (χ4v) is 6.51. The van der Waals surface area contributed by atoms with Crippen LogP contribution in [0, 0.1) is 19.8 Å². The molecule has 1 amide bonds. The third-order valence-electron chi connectivity index (χ3n) is 8.09. The molecule has 0 radical (unpaired) electrons. The molecule has 3 N–H and O–H groups in total. The lowest BCUT2D eigenvalue weighted by Gasteiger charge is -2.31. The molecule has 4 aromatic carbocycles. The number of fused-ring (bicyclic) bond motifs is 2. The van der Waals surface area contributed by atoms with E-state index in [4.69, 9.17) is 0 Å². The number of carbonyl (C=O) groups is 2. The molecule has 4 atom stereocenters. The van der Waals surface area contributed by atoms with Crippen molar-refractivity contribution in [3.63, 3.8) is 0 Å². The van der Waals surface area contributed by atoms with Crippen LogP contribution >= 0.6 is 0 Å². The van der Waals surface area contributed by atoms with Gasteiger partial charge in [0.2, 0.25) is 5.91 Å². The number of amides is 1. The van der Waals surface area contributed by atoms with Crippen LogP contribution in [0.25, 0.3) is 0 Å². The first-order valence-corrected chi connectivity index (χ1v) is 13.0. The molecule has 5 nitrogen and oxygen atoms in total. The maximum absolute atomic E-state index is 14.5. The Labute approximate surface area is 222 Å². The molecular weight excluding hydrogens is 472 g/mol. The van der Waals surface area contributed by atoms with Crippen molar-refractivity contribution in [1.82, 2.24) is 5.32 Å². The Morgan fingerprint density at radius 2 is 1.55 bits per heavy atom. The van der Waals surface area contributed by atoms with Crippen LogP contribution < -0.4 is 10.6 Å². The van der Waals surface area contributed by atoms with Gasteiger partial charge in [0, 0.05) is 28.8 Å². The molecule has 38 heavy (non-hydrogen) atoms. The van der Waals surface area contributed by atoms with Crippen molar-refractivity contribution < 1.29 is 14.7 Å². The highest BCUT2D eigenvalue weighted by molar-refractivity contribution is 6.13. The van der Waals surface area contributed by atoms with Crippen LogP contribution in [-0.4, -0.2) is 22.8 Å². The number of benzene rings is 4. The first-order valence-electron chi connectivity index (χ1n) is 13.0. The summed E-state index contributed by atoms with van der Waals surface area (Å²) in [4.78, 5) is 28.6. The summed E-state index contributed by atoms with van der Waals surface area (Å²) in [5, 5.41) is 16.7. The number of anilines is 1. The summed E-state index contributed by atoms with van der Waals surface area (Å²) in [6.45, 7) is 4.02. The molecule has 2 heterocycles. The molecule has 0 bridgehead atoms. The Balaban J connectivity index is 1.58. The van der Waals surface area contributed by atoms with Crippen LogP contribution in [0.4, 0.5) is 5.69 Å². The van der Waals surface area contributed by atoms with Gasteiger partial charge in [-0.15, -0.1) is 0 Å². The first-order chi connectivity index (χ1) is 18.4. The van der Waals surface area contributed by atoms with Crippen LogP contribution in [-0.2, 0) is 16.8 Å². The lowest BCUT2D eigenvalue weighted by Crippen LogP contribution is -2.51. The predicted octanol–water partition coefficient (Wildman–Crippen LogP) is 5.65. The van der Waals surface area contributed by atoms with Crippen LogP contribution in [0.2, 0.25) is 0 Å². The second-order valence-electron chi connectivity index (χ2n) is 10.5. The first kappa shape index (κ1) is 24.1. The van der Waals surface area contributed by atoms with Gasteiger partial charge in [-0.1, -0.05) is 90.5 Å². The summed E-state index contributed by atoms with van der Waals surface area (Å²) in [6.07, 6.45) is 0.591. The van der Waals surface area contributed by atoms with E-state index in [1.165, 1.54) is 0 Å². The number of rotatable bonds is 5. The third-order valence-corrected chi connectivity index (χ3v) is 8.09. The Kier molecular flexibility index (Phi) is 5.88. The summed E-state index contributed by atoms with van der Waals surface area (Å²) in [5.74, 6) is -0.976. The molecule has 1 fully saturated rings. The third kappa shape index (κ3) is 3.82. The summed E-state index contributed by atoms with van der Waals surface area (Å²) < 4.78 is 0. The molecular formula is C33H30N2O3. The summed E-state index contributed by atoms with van der Waals surface area (Å²) in [7, 11) is 0. The van der Waals surface area contributed by atoms with E-state index in [0.29, 0.717) is 12.0 Å². The van der Waals surface area contributed by atoms with Crippen molar-refractivity contribution >= 4 is 17.4 Å². The molecule has 6 rings (SSSR count).